The van der Waals surface area contributed by atoms with Crippen molar-refractivity contribution in [2.45, 2.75) is 37.8 Å². The smallest absolute Gasteiger partial charge is 0.137 e. The van der Waals surface area contributed by atoms with Crippen molar-refractivity contribution >= 4 is 15.9 Å². The van der Waals surface area contributed by atoms with Crippen molar-refractivity contribution in [1.29, 1.82) is 0 Å². The molecule has 1 fully saturated rings. The van der Waals surface area contributed by atoms with Gasteiger partial charge in [-0.2, -0.15) is 0 Å². The van der Waals surface area contributed by atoms with Crippen LogP contribution < -0.4 is 11.3 Å². The van der Waals surface area contributed by atoms with E-state index in [-0.39, 0.29) is 18.0 Å². The molecule has 2 unspecified atom stereocenters. The summed E-state index contributed by atoms with van der Waals surface area (Å²) >= 11 is 3.28. The van der Waals surface area contributed by atoms with Crippen molar-refractivity contribution in [3.05, 3.63) is 34.1 Å². The van der Waals surface area contributed by atoms with Crippen LogP contribution in [0.15, 0.2) is 22.7 Å². The van der Waals surface area contributed by atoms with Gasteiger partial charge in [0.25, 0.3) is 0 Å². The van der Waals surface area contributed by atoms with E-state index in [1.54, 1.807) is 6.07 Å². The summed E-state index contributed by atoms with van der Waals surface area (Å²) in [6.45, 7) is 0.839. The summed E-state index contributed by atoms with van der Waals surface area (Å²) in [5.74, 6) is 5.34. The van der Waals surface area contributed by atoms with Crippen molar-refractivity contribution in [3.63, 3.8) is 0 Å². The molecule has 1 aromatic carbocycles. The molecule has 1 aliphatic heterocycles. The van der Waals surface area contributed by atoms with Gasteiger partial charge in [-0.15, -0.1) is 0 Å². The number of hydrogen-bond acceptors (Lipinski definition) is 3. The number of nitrogens with two attached hydrogens (primary N) is 1. The molecule has 0 saturated carbocycles. The van der Waals surface area contributed by atoms with E-state index in [0.717, 1.165) is 31.4 Å². The third kappa shape index (κ3) is 3.51. The Labute approximate surface area is 115 Å². The van der Waals surface area contributed by atoms with Crippen LogP contribution in [0.2, 0.25) is 0 Å². The van der Waals surface area contributed by atoms with Crippen LogP contribution in [0.25, 0.3) is 0 Å². The van der Waals surface area contributed by atoms with Gasteiger partial charge >= 0.3 is 0 Å². The minimum atomic E-state index is -0.236. The standard InChI is InChI=1S/C13H18BrFN2O/c14-13-9(3-1-5-12(13)15)7-10(17-16)8-11-4-2-6-18-11/h1,3,5,10-11,17H,2,4,6-8,16H2. The molecule has 3 nitrogen and oxygen atoms in total. The van der Waals surface area contributed by atoms with E-state index in [4.69, 9.17) is 10.6 Å². The Hall–Kier alpha value is -0.490. The molecule has 0 radical (unpaired) electrons. The van der Waals surface area contributed by atoms with E-state index in [2.05, 4.69) is 21.4 Å². The van der Waals surface area contributed by atoms with E-state index in [1.807, 2.05) is 6.07 Å². The van der Waals surface area contributed by atoms with E-state index < -0.39 is 0 Å². The summed E-state index contributed by atoms with van der Waals surface area (Å²) in [6, 6.07) is 5.17. The quantitative estimate of drug-likeness (QED) is 0.648. The third-order valence-electron chi connectivity index (χ3n) is 3.30. The second-order valence-electron chi connectivity index (χ2n) is 4.65. The maximum absolute atomic E-state index is 13.4. The van der Waals surface area contributed by atoms with Gasteiger partial charge in [-0.1, -0.05) is 12.1 Å². The highest BCUT2D eigenvalue weighted by Crippen LogP contribution is 2.24. The lowest BCUT2D eigenvalue weighted by Gasteiger charge is -2.20. The molecular formula is C13H18BrFN2O. The fourth-order valence-electron chi connectivity index (χ4n) is 2.33. The normalized spacial score (nSPS) is 21.2. The van der Waals surface area contributed by atoms with Crippen molar-refractivity contribution in [2.75, 3.05) is 6.61 Å². The molecule has 100 valence electrons. The highest BCUT2D eigenvalue weighted by Gasteiger charge is 2.21. The number of rotatable bonds is 5. The zero-order valence-electron chi connectivity index (χ0n) is 10.2. The predicted molar refractivity (Wildman–Crippen MR) is 72.5 cm³/mol. The Morgan fingerprint density at radius 3 is 3.06 bits per heavy atom. The summed E-state index contributed by atoms with van der Waals surface area (Å²) in [6.07, 6.45) is 4.03. The first-order chi connectivity index (χ1) is 8.70. The molecule has 0 amide bonds. The first kappa shape index (κ1) is 13.9. The first-order valence-electron chi connectivity index (χ1n) is 6.21. The topological polar surface area (TPSA) is 47.3 Å². The maximum Gasteiger partial charge on any atom is 0.137 e. The minimum absolute atomic E-state index is 0.103. The predicted octanol–water partition coefficient (Wildman–Crippen LogP) is 2.53. The average molecular weight is 317 g/mol. The summed E-state index contributed by atoms with van der Waals surface area (Å²) in [5.41, 5.74) is 3.73. The van der Waals surface area contributed by atoms with Crippen LogP contribution in [0.1, 0.15) is 24.8 Å². The molecule has 0 aromatic heterocycles. The lowest BCUT2D eigenvalue weighted by molar-refractivity contribution is 0.0946. The Balaban J connectivity index is 1.98. The highest BCUT2D eigenvalue weighted by molar-refractivity contribution is 9.10. The molecule has 3 N–H and O–H groups in total. The van der Waals surface area contributed by atoms with Crippen LogP contribution in [0, 0.1) is 5.82 Å². The van der Waals surface area contributed by atoms with E-state index in [0.29, 0.717) is 10.9 Å². The average Bonchev–Trinajstić information content (AvgIpc) is 2.86. The van der Waals surface area contributed by atoms with Crippen LogP contribution in [-0.2, 0) is 11.2 Å². The first-order valence-corrected chi connectivity index (χ1v) is 7.00. The van der Waals surface area contributed by atoms with Crippen molar-refractivity contribution in [2.24, 2.45) is 5.84 Å². The van der Waals surface area contributed by atoms with E-state index in [1.165, 1.54) is 6.07 Å². The molecule has 2 atom stereocenters. The minimum Gasteiger partial charge on any atom is -0.378 e. The number of nitrogens with one attached hydrogen (secondary N) is 1. The van der Waals surface area contributed by atoms with Crippen LogP contribution in [0.4, 0.5) is 4.39 Å². The zero-order chi connectivity index (χ0) is 13.0. The number of halogens is 2. The van der Waals surface area contributed by atoms with Crippen molar-refractivity contribution < 1.29 is 9.13 Å². The molecular weight excluding hydrogens is 299 g/mol. The van der Waals surface area contributed by atoms with Crippen LogP contribution in [-0.4, -0.2) is 18.8 Å². The molecule has 0 bridgehead atoms. The Kier molecular flexibility index (Phi) is 5.12. The van der Waals surface area contributed by atoms with Gasteiger partial charge in [-0.25, -0.2) is 4.39 Å². The van der Waals surface area contributed by atoms with Gasteiger partial charge in [0.05, 0.1) is 10.6 Å². The molecule has 1 aromatic rings. The van der Waals surface area contributed by atoms with Crippen LogP contribution in [0.5, 0.6) is 0 Å². The summed E-state index contributed by atoms with van der Waals surface area (Å²) in [4.78, 5) is 0. The summed E-state index contributed by atoms with van der Waals surface area (Å²) < 4.78 is 19.5. The second-order valence-corrected chi connectivity index (χ2v) is 5.44. The number of hydrogen-bond donors (Lipinski definition) is 2. The van der Waals surface area contributed by atoms with Crippen molar-refractivity contribution in [3.8, 4) is 0 Å². The molecule has 2 rings (SSSR count). The zero-order valence-corrected chi connectivity index (χ0v) is 11.7. The Morgan fingerprint density at radius 1 is 1.56 bits per heavy atom. The second kappa shape index (κ2) is 6.61. The fourth-order valence-corrected chi connectivity index (χ4v) is 2.76. The van der Waals surface area contributed by atoms with Crippen LogP contribution >= 0.6 is 15.9 Å². The lowest BCUT2D eigenvalue weighted by Crippen LogP contribution is -2.39. The van der Waals surface area contributed by atoms with Gasteiger partial charge in [-0.05, 0) is 53.2 Å². The molecule has 0 spiro atoms. The Bertz CT molecular complexity index is 397. The highest BCUT2D eigenvalue weighted by atomic mass is 79.9. The molecule has 1 heterocycles. The summed E-state index contributed by atoms with van der Waals surface area (Å²) in [7, 11) is 0. The van der Waals surface area contributed by atoms with Gasteiger partial charge < -0.3 is 4.74 Å². The van der Waals surface area contributed by atoms with E-state index in [9.17, 15) is 4.39 Å². The van der Waals surface area contributed by atoms with Gasteiger partial charge in [0.1, 0.15) is 5.82 Å². The third-order valence-corrected chi connectivity index (χ3v) is 4.19. The monoisotopic (exact) mass is 316 g/mol. The number of ether oxygens (including phenoxy) is 1. The molecule has 1 saturated heterocycles. The number of hydrazine groups is 1. The fraction of sp³-hybridized carbons (Fsp3) is 0.538. The Morgan fingerprint density at radius 2 is 2.39 bits per heavy atom. The SMILES string of the molecule is NNC(Cc1cccc(F)c1Br)CC1CCCO1. The van der Waals surface area contributed by atoms with Crippen LogP contribution in [0.3, 0.4) is 0 Å². The van der Waals surface area contributed by atoms with Gasteiger partial charge in [0, 0.05) is 12.6 Å². The van der Waals surface area contributed by atoms with Gasteiger partial charge in [-0.3, -0.25) is 11.3 Å². The van der Waals surface area contributed by atoms with Crippen molar-refractivity contribution in [1.82, 2.24) is 5.43 Å². The van der Waals surface area contributed by atoms with E-state index >= 15 is 0 Å². The largest absolute Gasteiger partial charge is 0.378 e. The lowest BCUT2D eigenvalue weighted by atomic mass is 10.00. The number of benzene rings is 1. The molecule has 18 heavy (non-hydrogen) atoms. The molecule has 5 heteroatoms. The van der Waals surface area contributed by atoms with Gasteiger partial charge in [0.15, 0.2) is 0 Å². The molecule has 0 aliphatic carbocycles. The van der Waals surface area contributed by atoms with Gasteiger partial charge in [0.2, 0.25) is 0 Å². The maximum atomic E-state index is 13.4. The molecule has 1 aliphatic rings. The summed E-state index contributed by atoms with van der Waals surface area (Å²) in [5, 5.41) is 0.